The van der Waals surface area contributed by atoms with E-state index in [9.17, 15) is 4.79 Å². The molecule has 0 aromatic heterocycles. The van der Waals surface area contributed by atoms with E-state index in [2.05, 4.69) is 5.32 Å². The first-order valence-electron chi connectivity index (χ1n) is 5.79. The molecule has 1 aromatic carbocycles. The zero-order valence-electron chi connectivity index (χ0n) is 11.1. The van der Waals surface area contributed by atoms with Crippen LogP contribution in [0.3, 0.4) is 0 Å². The minimum absolute atomic E-state index is 0.215. The number of likely N-dealkylation sites (N-methyl/N-ethyl adjacent to an activating group) is 1. The van der Waals surface area contributed by atoms with E-state index in [0.29, 0.717) is 0 Å². The van der Waals surface area contributed by atoms with Crippen molar-refractivity contribution in [1.29, 1.82) is 5.41 Å². The average Bonchev–Trinajstić information content (AvgIpc) is 2.54. The van der Waals surface area contributed by atoms with Crippen molar-refractivity contribution in [3.05, 3.63) is 29.8 Å². The molecule has 2 amide bonds. The molecule has 1 unspecified atom stereocenters. The van der Waals surface area contributed by atoms with Crippen molar-refractivity contribution < 1.29 is 4.79 Å². The molecule has 1 aliphatic rings. The Hall–Kier alpha value is -2.04. The first-order chi connectivity index (χ1) is 8.37. The Labute approximate surface area is 107 Å². The highest BCUT2D eigenvalue weighted by Crippen LogP contribution is 2.32. The fourth-order valence-corrected chi connectivity index (χ4v) is 2.11. The second-order valence-electron chi connectivity index (χ2n) is 4.88. The van der Waals surface area contributed by atoms with Gasteiger partial charge in [0.2, 0.25) is 0 Å². The van der Waals surface area contributed by atoms with E-state index in [4.69, 9.17) is 5.41 Å². The van der Waals surface area contributed by atoms with E-state index in [1.807, 2.05) is 50.2 Å². The van der Waals surface area contributed by atoms with Gasteiger partial charge in [-0.3, -0.25) is 10.7 Å². The van der Waals surface area contributed by atoms with E-state index in [-0.39, 0.29) is 11.9 Å². The van der Waals surface area contributed by atoms with Gasteiger partial charge in [-0.15, -0.1) is 0 Å². The lowest BCUT2D eigenvalue weighted by Gasteiger charge is -2.31. The highest BCUT2D eigenvalue weighted by Gasteiger charge is 2.45. The molecular formula is C13H18N4O. The standard InChI is InChI=1S/C13H18N4O/c1-13(11(14)15-12(18)17(13)4)9-5-7-10(8-6-9)16(2)3/h5-8H,1-4H3,(H2,14,15,18). The summed E-state index contributed by atoms with van der Waals surface area (Å²) in [5.74, 6) is 0.215. The second-order valence-corrected chi connectivity index (χ2v) is 4.88. The largest absolute Gasteiger partial charge is 0.378 e. The zero-order chi connectivity index (χ0) is 13.5. The molecule has 1 atom stereocenters. The van der Waals surface area contributed by atoms with E-state index >= 15 is 0 Å². The van der Waals surface area contributed by atoms with Crippen molar-refractivity contribution >= 4 is 17.6 Å². The molecule has 0 bridgehead atoms. The molecule has 1 aliphatic heterocycles. The molecule has 1 saturated heterocycles. The number of urea groups is 1. The molecule has 2 rings (SSSR count). The van der Waals surface area contributed by atoms with Crippen molar-refractivity contribution in [2.45, 2.75) is 12.5 Å². The van der Waals surface area contributed by atoms with Crippen LogP contribution in [0, 0.1) is 5.41 Å². The Morgan fingerprint density at radius 3 is 2.22 bits per heavy atom. The first-order valence-corrected chi connectivity index (χ1v) is 5.79. The van der Waals surface area contributed by atoms with Gasteiger partial charge in [0, 0.05) is 26.8 Å². The number of amides is 2. The maximum absolute atomic E-state index is 11.6. The minimum Gasteiger partial charge on any atom is -0.378 e. The lowest BCUT2D eigenvalue weighted by atomic mass is 9.90. The molecule has 1 fully saturated rings. The smallest absolute Gasteiger partial charge is 0.323 e. The van der Waals surface area contributed by atoms with Crippen LogP contribution in [-0.4, -0.2) is 37.9 Å². The highest BCUT2D eigenvalue weighted by molar-refractivity contribution is 6.08. The van der Waals surface area contributed by atoms with Crippen LogP contribution in [0.2, 0.25) is 0 Å². The summed E-state index contributed by atoms with van der Waals surface area (Å²) >= 11 is 0. The number of hydrogen-bond acceptors (Lipinski definition) is 3. The van der Waals surface area contributed by atoms with Crippen LogP contribution >= 0.6 is 0 Å². The van der Waals surface area contributed by atoms with Gasteiger partial charge in [0.25, 0.3) is 0 Å². The van der Waals surface area contributed by atoms with Gasteiger partial charge < -0.3 is 9.80 Å². The molecule has 1 heterocycles. The molecular weight excluding hydrogens is 228 g/mol. The van der Waals surface area contributed by atoms with Crippen molar-refractivity contribution in [2.75, 3.05) is 26.0 Å². The molecule has 96 valence electrons. The van der Waals surface area contributed by atoms with E-state index in [1.54, 1.807) is 11.9 Å². The molecule has 0 radical (unpaired) electrons. The number of nitrogens with one attached hydrogen (secondary N) is 2. The zero-order valence-corrected chi connectivity index (χ0v) is 11.1. The maximum Gasteiger partial charge on any atom is 0.323 e. The van der Waals surface area contributed by atoms with Crippen LogP contribution < -0.4 is 10.2 Å². The van der Waals surface area contributed by atoms with Crippen molar-refractivity contribution in [2.24, 2.45) is 0 Å². The normalized spacial score (nSPS) is 23.2. The Kier molecular flexibility index (Phi) is 2.77. The van der Waals surface area contributed by atoms with Gasteiger partial charge in [-0.2, -0.15) is 0 Å². The summed E-state index contributed by atoms with van der Waals surface area (Å²) in [6.45, 7) is 1.87. The van der Waals surface area contributed by atoms with E-state index in [1.165, 1.54) is 0 Å². The van der Waals surface area contributed by atoms with E-state index < -0.39 is 5.54 Å². The summed E-state index contributed by atoms with van der Waals surface area (Å²) in [4.78, 5) is 15.2. The van der Waals surface area contributed by atoms with Crippen LogP contribution in [0.4, 0.5) is 10.5 Å². The Bertz CT molecular complexity index is 494. The average molecular weight is 246 g/mol. The molecule has 0 aliphatic carbocycles. The lowest BCUT2D eigenvalue weighted by molar-refractivity contribution is 0.198. The van der Waals surface area contributed by atoms with E-state index in [0.717, 1.165) is 11.3 Å². The van der Waals surface area contributed by atoms with Crippen LogP contribution in [0.5, 0.6) is 0 Å². The number of rotatable bonds is 2. The summed E-state index contributed by atoms with van der Waals surface area (Å²) < 4.78 is 0. The number of amidine groups is 1. The van der Waals surface area contributed by atoms with Crippen molar-refractivity contribution in [3.63, 3.8) is 0 Å². The molecule has 5 heteroatoms. The fraction of sp³-hybridized carbons (Fsp3) is 0.385. The predicted molar refractivity (Wildman–Crippen MR) is 72.1 cm³/mol. The number of carbonyl (C=O) groups excluding carboxylic acids is 1. The van der Waals surface area contributed by atoms with Crippen molar-refractivity contribution in [3.8, 4) is 0 Å². The topological polar surface area (TPSA) is 59.4 Å². The third-order valence-electron chi connectivity index (χ3n) is 3.64. The Balaban J connectivity index is 2.41. The van der Waals surface area contributed by atoms with Crippen LogP contribution in [0.15, 0.2) is 24.3 Å². The van der Waals surface area contributed by atoms with Gasteiger partial charge in [0.15, 0.2) is 0 Å². The van der Waals surface area contributed by atoms with Crippen molar-refractivity contribution in [1.82, 2.24) is 10.2 Å². The summed E-state index contributed by atoms with van der Waals surface area (Å²) in [7, 11) is 5.66. The monoisotopic (exact) mass is 246 g/mol. The van der Waals surface area contributed by atoms with Gasteiger partial charge in [-0.05, 0) is 24.6 Å². The second kappa shape index (κ2) is 4.01. The quantitative estimate of drug-likeness (QED) is 0.832. The molecule has 0 spiro atoms. The van der Waals surface area contributed by atoms with Gasteiger partial charge in [0.1, 0.15) is 11.4 Å². The van der Waals surface area contributed by atoms with Crippen LogP contribution in [-0.2, 0) is 5.54 Å². The van der Waals surface area contributed by atoms with Gasteiger partial charge >= 0.3 is 6.03 Å². The molecule has 18 heavy (non-hydrogen) atoms. The summed E-state index contributed by atoms with van der Waals surface area (Å²) in [5, 5.41) is 10.5. The fourth-order valence-electron chi connectivity index (χ4n) is 2.11. The number of carbonyl (C=O) groups is 1. The Morgan fingerprint density at radius 1 is 1.28 bits per heavy atom. The maximum atomic E-state index is 11.6. The molecule has 5 nitrogen and oxygen atoms in total. The highest BCUT2D eigenvalue weighted by atomic mass is 16.2. The predicted octanol–water partition coefficient (Wildman–Crippen LogP) is 1.60. The summed E-state index contributed by atoms with van der Waals surface area (Å²) in [6, 6.07) is 7.66. The third-order valence-corrected chi connectivity index (χ3v) is 3.64. The summed E-state index contributed by atoms with van der Waals surface area (Å²) in [6.07, 6.45) is 0. The third kappa shape index (κ3) is 1.63. The number of nitrogens with zero attached hydrogens (tertiary/aromatic N) is 2. The van der Waals surface area contributed by atoms with Gasteiger partial charge in [-0.1, -0.05) is 12.1 Å². The molecule has 2 N–H and O–H groups in total. The number of hydrogen-bond donors (Lipinski definition) is 2. The van der Waals surface area contributed by atoms with Gasteiger partial charge in [0.05, 0.1) is 0 Å². The summed E-state index contributed by atoms with van der Waals surface area (Å²) in [5.41, 5.74) is 1.31. The molecule has 1 aromatic rings. The number of anilines is 1. The SMILES string of the molecule is CN(C)c1ccc(C2(C)C(=N)NC(=O)N2C)cc1. The minimum atomic E-state index is -0.706. The van der Waals surface area contributed by atoms with Crippen LogP contribution in [0.1, 0.15) is 12.5 Å². The molecule has 0 saturated carbocycles. The first kappa shape index (κ1) is 12.4. The van der Waals surface area contributed by atoms with Gasteiger partial charge in [-0.25, -0.2) is 4.79 Å². The number of benzene rings is 1. The van der Waals surface area contributed by atoms with Crippen LogP contribution in [0.25, 0.3) is 0 Å². The Morgan fingerprint density at radius 2 is 1.83 bits per heavy atom. The lowest BCUT2D eigenvalue weighted by Crippen LogP contribution is -2.41.